The normalized spacial score (nSPS) is 10.5. The predicted octanol–water partition coefficient (Wildman–Crippen LogP) is 5.35. The van der Waals surface area contributed by atoms with Gasteiger partial charge in [0.25, 0.3) is 0 Å². The van der Waals surface area contributed by atoms with Gasteiger partial charge in [-0.25, -0.2) is 0 Å². The lowest BCUT2D eigenvalue weighted by Gasteiger charge is -2.02. The van der Waals surface area contributed by atoms with E-state index in [1.54, 1.807) is 0 Å². The van der Waals surface area contributed by atoms with E-state index in [1.165, 1.54) is 55.0 Å². The van der Waals surface area contributed by atoms with Crippen LogP contribution in [0.25, 0.3) is 0 Å². The Morgan fingerprint density at radius 3 is 2.47 bits per heavy atom. The second-order valence-electron chi connectivity index (χ2n) is 4.15. The van der Waals surface area contributed by atoms with Crippen molar-refractivity contribution in [3.63, 3.8) is 0 Å². The molecule has 1 rings (SSSR count). The number of hydrogen-bond donors (Lipinski definition) is 0. The summed E-state index contributed by atoms with van der Waals surface area (Å²) in [5.41, 5.74) is 1.46. The molecule has 0 bridgehead atoms. The number of benzene rings is 1. The zero-order valence-corrected chi connectivity index (χ0v) is 11.2. The Hall–Kier alpha value is -0.300. The Morgan fingerprint density at radius 1 is 1.00 bits per heavy atom. The standard InChI is InChI=1S/C14H21Br/c1-2-3-4-5-6-7-9-13-10-8-11-14(15)12-13/h8,10-12H,2-7,9H2,1H3. The third kappa shape index (κ3) is 5.99. The summed E-state index contributed by atoms with van der Waals surface area (Å²) in [4.78, 5) is 0. The topological polar surface area (TPSA) is 0 Å². The summed E-state index contributed by atoms with van der Waals surface area (Å²) in [7, 11) is 0. The Bertz CT molecular complexity index is 268. The smallest absolute Gasteiger partial charge is 0.0177 e. The lowest BCUT2D eigenvalue weighted by Crippen LogP contribution is -1.86. The van der Waals surface area contributed by atoms with Crippen LogP contribution in [0.1, 0.15) is 51.0 Å². The molecule has 0 saturated carbocycles. The Balaban J connectivity index is 2.10. The molecule has 0 amide bonds. The van der Waals surface area contributed by atoms with Crippen LogP contribution < -0.4 is 0 Å². The minimum Gasteiger partial charge on any atom is -0.0654 e. The van der Waals surface area contributed by atoms with Crippen LogP contribution in [0.2, 0.25) is 0 Å². The molecule has 0 N–H and O–H groups in total. The van der Waals surface area contributed by atoms with Gasteiger partial charge in [0.2, 0.25) is 0 Å². The third-order valence-corrected chi connectivity index (χ3v) is 3.20. The van der Waals surface area contributed by atoms with Gasteiger partial charge in [-0.05, 0) is 30.5 Å². The maximum absolute atomic E-state index is 3.51. The number of aryl methyl sites for hydroxylation is 1. The molecule has 0 unspecified atom stereocenters. The first-order chi connectivity index (χ1) is 7.33. The lowest BCUT2D eigenvalue weighted by atomic mass is 10.1. The van der Waals surface area contributed by atoms with Gasteiger partial charge in [-0.15, -0.1) is 0 Å². The Kier molecular flexibility index (Phi) is 6.74. The molecule has 0 atom stereocenters. The van der Waals surface area contributed by atoms with Crippen LogP contribution in [-0.4, -0.2) is 0 Å². The predicted molar refractivity (Wildman–Crippen MR) is 71.2 cm³/mol. The van der Waals surface area contributed by atoms with Gasteiger partial charge in [0.05, 0.1) is 0 Å². The number of unbranched alkanes of at least 4 members (excludes halogenated alkanes) is 5. The average Bonchev–Trinajstić information content (AvgIpc) is 2.23. The molecule has 0 saturated heterocycles. The fourth-order valence-electron chi connectivity index (χ4n) is 1.80. The minimum atomic E-state index is 1.20. The molecule has 15 heavy (non-hydrogen) atoms. The molecular formula is C14H21Br. The van der Waals surface area contributed by atoms with Crippen LogP contribution in [0.15, 0.2) is 28.7 Å². The summed E-state index contributed by atoms with van der Waals surface area (Å²) < 4.78 is 1.20. The monoisotopic (exact) mass is 268 g/mol. The first-order valence-electron chi connectivity index (χ1n) is 6.07. The molecule has 0 radical (unpaired) electrons. The van der Waals surface area contributed by atoms with Gasteiger partial charge in [-0.2, -0.15) is 0 Å². The van der Waals surface area contributed by atoms with Crippen molar-refractivity contribution in [3.8, 4) is 0 Å². The molecule has 0 nitrogen and oxygen atoms in total. The zero-order chi connectivity index (χ0) is 10.9. The molecule has 0 fully saturated rings. The molecule has 0 spiro atoms. The summed E-state index contributed by atoms with van der Waals surface area (Å²) in [6.07, 6.45) is 9.50. The Morgan fingerprint density at radius 2 is 1.73 bits per heavy atom. The maximum Gasteiger partial charge on any atom is 0.0177 e. The fraction of sp³-hybridized carbons (Fsp3) is 0.571. The highest BCUT2D eigenvalue weighted by atomic mass is 79.9. The number of rotatable bonds is 7. The van der Waals surface area contributed by atoms with Crippen molar-refractivity contribution in [1.82, 2.24) is 0 Å². The molecule has 1 heteroatoms. The molecule has 1 aromatic carbocycles. The third-order valence-electron chi connectivity index (χ3n) is 2.71. The highest BCUT2D eigenvalue weighted by molar-refractivity contribution is 9.10. The largest absolute Gasteiger partial charge is 0.0654 e. The van der Waals surface area contributed by atoms with E-state index in [1.807, 2.05) is 0 Å². The average molecular weight is 269 g/mol. The van der Waals surface area contributed by atoms with Crippen LogP contribution in [0.5, 0.6) is 0 Å². The minimum absolute atomic E-state index is 1.20. The van der Waals surface area contributed by atoms with Crippen molar-refractivity contribution in [2.24, 2.45) is 0 Å². The van der Waals surface area contributed by atoms with Crippen molar-refractivity contribution in [2.45, 2.75) is 51.9 Å². The maximum atomic E-state index is 3.51. The van der Waals surface area contributed by atoms with Crippen LogP contribution >= 0.6 is 15.9 Å². The van der Waals surface area contributed by atoms with Crippen LogP contribution in [0, 0.1) is 0 Å². The molecule has 0 aromatic heterocycles. The SMILES string of the molecule is CCCCCCCCc1cccc(Br)c1. The number of hydrogen-bond acceptors (Lipinski definition) is 0. The van der Waals surface area contributed by atoms with E-state index < -0.39 is 0 Å². The molecule has 0 aliphatic carbocycles. The van der Waals surface area contributed by atoms with Crippen molar-refractivity contribution < 1.29 is 0 Å². The van der Waals surface area contributed by atoms with Crippen molar-refractivity contribution in [1.29, 1.82) is 0 Å². The fourth-order valence-corrected chi connectivity index (χ4v) is 2.25. The molecule has 0 aliphatic heterocycles. The highest BCUT2D eigenvalue weighted by Gasteiger charge is 1.94. The summed E-state index contributed by atoms with van der Waals surface area (Å²) >= 11 is 3.51. The van der Waals surface area contributed by atoms with Gasteiger partial charge in [0, 0.05) is 4.47 Å². The van der Waals surface area contributed by atoms with Gasteiger partial charge in [-0.3, -0.25) is 0 Å². The van der Waals surface area contributed by atoms with E-state index in [4.69, 9.17) is 0 Å². The van der Waals surface area contributed by atoms with Gasteiger partial charge in [-0.1, -0.05) is 67.1 Å². The molecule has 84 valence electrons. The van der Waals surface area contributed by atoms with Crippen LogP contribution in [-0.2, 0) is 6.42 Å². The van der Waals surface area contributed by atoms with E-state index >= 15 is 0 Å². The Labute approximate surface area is 102 Å². The first kappa shape index (κ1) is 12.8. The summed E-state index contributed by atoms with van der Waals surface area (Å²) in [5, 5.41) is 0. The van der Waals surface area contributed by atoms with Crippen molar-refractivity contribution in [2.75, 3.05) is 0 Å². The highest BCUT2D eigenvalue weighted by Crippen LogP contribution is 2.14. The summed E-state index contributed by atoms with van der Waals surface area (Å²) in [5.74, 6) is 0. The zero-order valence-electron chi connectivity index (χ0n) is 9.64. The van der Waals surface area contributed by atoms with E-state index in [9.17, 15) is 0 Å². The molecule has 0 aliphatic rings. The molecule has 1 aromatic rings. The van der Waals surface area contributed by atoms with Gasteiger partial charge in [0.1, 0.15) is 0 Å². The lowest BCUT2D eigenvalue weighted by molar-refractivity contribution is 0.607. The van der Waals surface area contributed by atoms with E-state index in [0.717, 1.165) is 0 Å². The van der Waals surface area contributed by atoms with Crippen LogP contribution in [0.3, 0.4) is 0 Å². The first-order valence-corrected chi connectivity index (χ1v) is 6.86. The van der Waals surface area contributed by atoms with E-state index in [-0.39, 0.29) is 0 Å². The van der Waals surface area contributed by atoms with E-state index in [0.29, 0.717) is 0 Å². The second-order valence-corrected chi connectivity index (χ2v) is 5.06. The number of halogens is 1. The summed E-state index contributed by atoms with van der Waals surface area (Å²) in [6.45, 7) is 2.27. The second kappa shape index (κ2) is 7.92. The molecule has 0 heterocycles. The summed E-state index contributed by atoms with van der Waals surface area (Å²) in [6, 6.07) is 8.66. The molecular weight excluding hydrogens is 248 g/mol. The van der Waals surface area contributed by atoms with Crippen molar-refractivity contribution in [3.05, 3.63) is 34.3 Å². The quantitative estimate of drug-likeness (QED) is 0.585. The van der Waals surface area contributed by atoms with E-state index in [2.05, 4.69) is 47.1 Å². The van der Waals surface area contributed by atoms with Gasteiger partial charge < -0.3 is 0 Å². The van der Waals surface area contributed by atoms with Crippen molar-refractivity contribution >= 4 is 15.9 Å². The van der Waals surface area contributed by atoms with Gasteiger partial charge in [0.15, 0.2) is 0 Å². The van der Waals surface area contributed by atoms with Crippen LogP contribution in [0.4, 0.5) is 0 Å². The van der Waals surface area contributed by atoms with Gasteiger partial charge >= 0.3 is 0 Å².